The van der Waals surface area contributed by atoms with Gasteiger partial charge < -0.3 is 0 Å². The van der Waals surface area contributed by atoms with Gasteiger partial charge in [-0.3, -0.25) is 11.3 Å². The van der Waals surface area contributed by atoms with E-state index in [1.54, 1.807) is 0 Å². The Hall–Kier alpha value is -0.300. The molecule has 0 saturated carbocycles. The molecule has 1 aromatic rings. The molecule has 20 heavy (non-hydrogen) atoms. The Morgan fingerprint density at radius 3 is 2.45 bits per heavy atom. The van der Waals surface area contributed by atoms with Crippen molar-refractivity contribution < 1.29 is 8.78 Å². The molecule has 1 aliphatic heterocycles. The number of nitrogens with one attached hydrogen (secondary N) is 1. The Bertz CT molecular complexity index is 439. The van der Waals surface area contributed by atoms with Gasteiger partial charge in [0.25, 0.3) is 0 Å². The molecule has 0 spiro atoms. The number of hydrazine groups is 1. The topological polar surface area (TPSA) is 38.0 Å². The van der Waals surface area contributed by atoms with Crippen LogP contribution in [0.3, 0.4) is 0 Å². The largest absolute Gasteiger partial charge is 0.271 e. The fourth-order valence-electron chi connectivity index (χ4n) is 2.30. The third kappa shape index (κ3) is 4.10. The summed E-state index contributed by atoms with van der Waals surface area (Å²) in [6.07, 6.45) is 0.532. The Labute approximate surface area is 127 Å². The van der Waals surface area contributed by atoms with Gasteiger partial charge in [-0.1, -0.05) is 13.8 Å². The normalized spacial score (nSPS) is 28.4. The van der Waals surface area contributed by atoms with E-state index in [1.807, 2.05) is 23.5 Å². The number of nitrogens with two attached hydrogens (primary N) is 1. The molecule has 0 radical (unpaired) electrons. The average Bonchev–Trinajstić information content (AvgIpc) is 2.38. The second-order valence-corrected chi connectivity index (χ2v) is 8.20. The highest BCUT2D eigenvalue weighted by Gasteiger charge is 2.31. The zero-order chi connectivity index (χ0) is 14.7. The van der Waals surface area contributed by atoms with E-state index >= 15 is 0 Å². The molecular weight excluding hydrogens is 298 g/mol. The van der Waals surface area contributed by atoms with Gasteiger partial charge in [-0.05, 0) is 24.1 Å². The van der Waals surface area contributed by atoms with E-state index in [9.17, 15) is 8.78 Å². The maximum atomic E-state index is 13.2. The number of hydrogen-bond donors (Lipinski definition) is 2. The van der Waals surface area contributed by atoms with Crippen molar-refractivity contribution >= 4 is 23.5 Å². The second-order valence-electron chi connectivity index (χ2n) is 5.17. The van der Waals surface area contributed by atoms with Crippen molar-refractivity contribution in [1.29, 1.82) is 0 Å². The number of rotatable bonds is 4. The molecule has 0 aliphatic carbocycles. The Morgan fingerprint density at radius 1 is 1.25 bits per heavy atom. The first-order valence-corrected chi connectivity index (χ1v) is 8.67. The molecule has 1 saturated heterocycles. The van der Waals surface area contributed by atoms with E-state index in [0.717, 1.165) is 11.8 Å². The van der Waals surface area contributed by atoms with Gasteiger partial charge in [-0.2, -0.15) is 23.5 Å². The van der Waals surface area contributed by atoms with Gasteiger partial charge >= 0.3 is 0 Å². The number of thioether (sulfide) groups is 2. The molecule has 4 atom stereocenters. The predicted molar refractivity (Wildman–Crippen MR) is 83.9 cm³/mol. The number of halogens is 2. The van der Waals surface area contributed by atoms with E-state index in [2.05, 4.69) is 19.3 Å². The molecule has 0 aromatic heterocycles. The maximum Gasteiger partial charge on any atom is 0.126 e. The minimum Gasteiger partial charge on any atom is -0.271 e. The van der Waals surface area contributed by atoms with Gasteiger partial charge in [0, 0.05) is 33.6 Å². The summed E-state index contributed by atoms with van der Waals surface area (Å²) < 4.78 is 26.5. The van der Waals surface area contributed by atoms with E-state index in [1.165, 1.54) is 12.1 Å². The number of benzene rings is 1. The van der Waals surface area contributed by atoms with E-state index in [-0.39, 0.29) is 6.04 Å². The summed E-state index contributed by atoms with van der Waals surface area (Å²) in [6.45, 7) is 4.44. The lowest BCUT2D eigenvalue weighted by atomic mass is 10.0. The third-order valence-corrected chi connectivity index (χ3v) is 7.17. The fraction of sp³-hybridized carbons (Fsp3) is 0.571. The molecule has 6 heteroatoms. The highest BCUT2D eigenvalue weighted by Crippen LogP contribution is 2.37. The predicted octanol–water partition coefficient (Wildman–Crippen LogP) is 2.96. The minimum atomic E-state index is -0.538. The highest BCUT2D eigenvalue weighted by atomic mass is 32.2. The Morgan fingerprint density at radius 2 is 1.90 bits per heavy atom. The molecular formula is C14H20F2N2S2. The molecule has 1 fully saturated rings. The van der Waals surface area contributed by atoms with Crippen molar-refractivity contribution in [2.45, 2.75) is 42.1 Å². The van der Waals surface area contributed by atoms with Crippen molar-refractivity contribution in [1.82, 2.24) is 5.43 Å². The summed E-state index contributed by atoms with van der Waals surface area (Å²) in [5.74, 6) is 5.57. The standard InChI is InChI=1S/C14H20F2N2S2/c1-8-9(2)20-14(7-19-8)13(18-17)5-10-3-11(15)6-12(16)4-10/h3-4,6,8-9,13-14,18H,5,7,17H2,1-2H3. The fourth-order valence-corrected chi connectivity index (χ4v) is 5.41. The molecule has 112 valence electrons. The molecule has 2 rings (SSSR count). The smallest absolute Gasteiger partial charge is 0.126 e. The summed E-state index contributed by atoms with van der Waals surface area (Å²) in [5, 5.41) is 1.53. The molecule has 1 heterocycles. The van der Waals surface area contributed by atoms with Crippen molar-refractivity contribution in [3.05, 3.63) is 35.4 Å². The van der Waals surface area contributed by atoms with Crippen molar-refractivity contribution in [3.8, 4) is 0 Å². The molecule has 3 N–H and O–H groups in total. The van der Waals surface area contributed by atoms with E-state index < -0.39 is 11.6 Å². The van der Waals surface area contributed by atoms with Crippen molar-refractivity contribution in [3.63, 3.8) is 0 Å². The first-order chi connectivity index (χ1) is 9.49. The second kappa shape index (κ2) is 7.11. The quantitative estimate of drug-likeness (QED) is 0.661. The van der Waals surface area contributed by atoms with E-state index in [4.69, 9.17) is 5.84 Å². The maximum absolute atomic E-state index is 13.2. The van der Waals surface area contributed by atoms with Crippen LogP contribution in [-0.4, -0.2) is 27.5 Å². The zero-order valence-corrected chi connectivity index (χ0v) is 13.2. The highest BCUT2D eigenvalue weighted by molar-refractivity contribution is 8.07. The zero-order valence-electron chi connectivity index (χ0n) is 11.6. The van der Waals surface area contributed by atoms with Crippen LogP contribution in [0, 0.1) is 11.6 Å². The lowest BCUT2D eigenvalue weighted by molar-refractivity contribution is 0.515. The van der Waals surface area contributed by atoms with Crippen LogP contribution in [0.1, 0.15) is 19.4 Å². The third-order valence-electron chi connectivity index (χ3n) is 3.61. The molecule has 0 amide bonds. The van der Waals surface area contributed by atoms with Gasteiger partial charge in [0.15, 0.2) is 0 Å². The van der Waals surface area contributed by atoms with Gasteiger partial charge in [0.05, 0.1) is 0 Å². The summed E-state index contributed by atoms with van der Waals surface area (Å²) in [7, 11) is 0. The van der Waals surface area contributed by atoms with Crippen molar-refractivity contribution in [2.24, 2.45) is 5.84 Å². The SMILES string of the molecule is CC1SCC(C(Cc2cc(F)cc(F)c2)NN)SC1C. The first-order valence-electron chi connectivity index (χ1n) is 6.67. The number of hydrogen-bond acceptors (Lipinski definition) is 4. The molecule has 4 unspecified atom stereocenters. The average molecular weight is 318 g/mol. The van der Waals surface area contributed by atoms with Gasteiger partial charge in [-0.25, -0.2) is 8.78 Å². The Kier molecular flexibility index (Phi) is 5.72. The Balaban J connectivity index is 2.05. The molecule has 1 aromatic carbocycles. The van der Waals surface area contributed by atoms with Gasteiger partial charge in [-0.15, -0.1) is 0 Å². The van der Waals surface area contributed by atoms with Gasteiger partial charge in [0.2, 0.25) is 0 Å². The molecule has 0 bridgehead atoms. The first kappa shape index (κ1) is 16.1. The van der Waals surface area contributed by atoms with Crippen LogP contribution in [0.25, 0.3) is 0 Å². The van der Waals surface area contributed by atoms with Crippen LogP contribution >= 0.6 is 23.5 Å². The monoisotopic (exact) mass is 318 g/mol. The lowest BCUT2D eigenvalue weighted by Gasteiger charge is -2.35. The van der Waals surface area contributed by atoms with Crippen LogP contribution in [0.15, 0.2) is 18.2 Å². The summed E-state index contributed by atoms with van der Waals surface area (Å²) in [6, 6.07) is 3.66. The minimum absolute atomic E-state index is 0.0173. The molecule has 2 nitrogen and oxygen atoms in total. The summed E-state index contributed by atoms with van der Waals surface area (Å²) >= 11 is 3.83. The van der Waals surface area contributed by atoms with E-state index in [0.29, 0.717) is 27.7 Å². The van der Waals surface area contributed by atoms with Crippen LogP contribution in [-0.2, 0) is 6.42 Å². The van der Waals surface area contributed by atoms with Crippen molar-refractivity contribution in [2.75, 3.05) is 5.75 Å². The van der Waals surface area contributed by atoms with Gasteiger partial charge in [0.1, 0.15) is 11.6 Å². The van der Waals surface area contributed by atoms with Crippen LogP contribution < -0.4 is 11.3 Å². The summed E-state index contributed by atoms with van der Waals surface area (Å²) in [4.78, 5) is 0. The van der Waals surface area contributed by atoms with Crippen LogP contribution in [0.5, 0.6) is 0 Å². The lowest BCUT2D eigenvalue weighted by Crippen LogP contribution is -2.47. The van der Waals surface area contributed by atoms with Crippen LogP contribution in [0.4, 0.5) is 8.78 Å². The molecule has 1 aliphatic rings. The van der Waals surface area contributed by atoms with Crippen LogP contribution in [0.2, 0.25) is 0 Å². The summed E-state index contributed by atoms with van der Waals surface area (Å²) in [5.41, 5.74) is 3.46.